The van der Waals surface area contributed by atoms with E-state index < -0.39 is 0 Å². The summed E-state index contributed by atoms with van der Waals surface area (Å²) in [4.78, 5) is 4.54. The smallest absolute Gasteiger partial charge is 0.183 e. The van der Waals surface area contributed by atoms with Crippen molar-refractivity contribution in [1.29, 1.82) is 0 Å². The standard InChI is InChI=1S/C12H14N2OS/c1-15-9-4-5-10-11(6-9)16-12(14-10)13-7-8-2-3-8/h4-6,8H,2-3,7H2,1H3,(H,13,14). The summed E-state index contributed by atoms with van der Waals surface area (Å²) in [5, 5.41) is 4.42. The van der Waals surface area contributed by atoms with Gasteiger partial charge < -0.3 is 10.1 Å². The minimum absolute atomic E-state index is 0.876. The third kappa shape index (κ3) is 1.97. The Kier molecular flexibility index (Phi) is 2.44. The molecule has 0 saturated heterocycles. The third-order valence-corrected chi connectivity index (χ3v) is 3.81. The van der Waals surface area contributed by atoms with Gasteiger partial charge in [0, 0.05) is 6.54 Å². The molecule has 0 radical (unpaired) electrons. The van der Waals surface area contributed by atoms with E-state index in [0.29, 0.717) is 0 Å². The molecule has 1 heterocycles. The van der Waals surface area contributed by atoms with Crippen molar-refractivity contribution in [2.24, 2.45) is 5.92 Å². The molecular weight excluding hydrogens is 220 g/mol. The molecule has 0 aliphatic heterocycles. The van der Waals surface area contributed by atoms with Crippen LogP contribution in [0.3, 0.4) is 0 Å². The second kappa shape index (κ2) is 3.94. The Hall–Kier alpha value is -1.29. The molecule has 3 nitrogen and oxygen atoms in total. The fraction of sp³-hybridized carbons (Fsp3) is 0.417. The van der Waals surface area contributed by atoms with Crippen LogP contribution in [-0.4, -0.2) is 18.6 Å². The van der Waals surface area contributed by atoms with E-state index in [1.807, 2.05) is 18.2 Å². The van der Waals surface area contributed by atoms with Gasteiger partial charge in [0.05, 0.1) is 17.3 Å². The first-order valence-corrected chi connectivity index (χ1v) is 6.35. The van der Waals surface area contributed by atoms with Crippen molar-refractivity contribution < 1.29 is 4.74 Å². The first-order chi connectivity index (χ1) is 7.85. The minimum Gasteiger partial charge on any atom is -0.497 e. The van der Waals surface area contributed by atoms with E-state index in [2.05, 4.69) is 10.3 Å². The first kappa shape index (κ1) is 9.90. The highest BCUT2D eigenvalue weighted by Crippen LogP contribution is 2.32. The summed E-state index contributed by atoms with van der Waals surface area (Å²) in [5.74, 6) is 1.77. The van der Waals surface area contributed by atoms with Gasteiger partial charge in [0.2, 0.25) is 0 Å². The van der Waals surface area contributed by atoms with E-state index in [-0.39, 0.29) is 0 Å². The number of ether oxygens (including phenoxy) is 1. The van der Waals surface area contributed by atoms with Gasteiger partial charge in [0.25, 0.3) is 0 Å². The summed E-state index contributed by atoms with van der Waals surface area (Å²) in [7, 11) is 1.69. The molecule has 1 fully saturated rings. The fourth-order valence-electron chi connectivity index (χ4n) is 1.66. The Labute approximate surface area is 98.5 Å². The van der Waals surface area contributed by atoms with Gasteiger partial charge in [-0.05, 0) is 37.0 Å². The lowest BCUT2D eigenvalue weighted by Gasteiger charge is -1.97. The summed E-state index contributed by atoms with van der Waals surface area (Å²) >= 11 is 1.69. The zero-order valence-corrected chi connectivity index (χ0v) is 10.0. The van der Waals surface area contributed by atoms with Crippen molar-refractivity contribution in [3.63, 3.8) is 0 Å². The van der Waals surface area contributed by atoms with Crippen molar-refractivity contribution >= 4 is 26.7 Å². The van der Waals surface area contributed by atoms with Crippen LogP contribution in [0.2, 0.25) is 0 Å². The Morgan fingerprint density at radius 2 is 2.38 bits per heavy atom. The molecule has 1 aromatic heterocycles. The normalized spacial score (nSPS) is 15.3. The van der Waals surface area contributed by atoms with E-state index in [1.54, 1.807) is 18.4 Å². The number of aromatic nitrogens is 1. The topological polar surface area (TPSA) is 34.1 Å². The van der Waals surface area contributed by atoms with Crippen LogP contribution in [0.4, 0.5) is 5.13 Å². The van der Waals surface area contributed by atoms with E-state index in [0.717, 1.165) is 28.9 Å². The molecule has 0 unspecified atom stereocenters. The second-order valence-electron chi connectivity index (χ2n) is 4.18. The lowest BCUT2D eigenvalue weighted by molar-refractivity contribution is 0.415. The van der Waals surface area contributed by atoms with Gasteiger partial charge >= 0.3 is 0 Å². The molecule has 1 aliphatic rings. The maximum atomic E-state index is 5.20. The molecule has 3 rings (SSSR count). The van der Waals surface area contributed by atoms with Gasteiger partial charge in [-0.15, -0.1) is 0 Å². The molecule has 4 heteroatoms. The van der Waals surface area contributed by atoms with Crippen LogP contribution in [-0.2, 0) is 0 Å². The number of fused-ring (bicyclic) bond motifs is 1. The lowest BCUT2D eigenvalue weighted by atomic mass is 10.3. The summed E-state index contributed by atoms with van der Waals surface area (Å²) < 4.78 is 6.38. The molecule has 1 saturated carbocycles. The third-order valence-electron chi connectivity index (χ3n) is 2.83. The van der Waals surface area contributed by atoms with Crippen LogP contribution >= 0.6 is 11.3 Å². The van der Waals surface area contributed by atoms with Gasteiger partial charge in [-0.25, -0.2) is 4.98 Å². The number of methoxy groups -OCH3 is 1. The van der Waals surface area contributed by atoms with Gasteiger partial charge in [-0.1, -0.05) is 11.3 Å². The van der Waals surface area contributed by atoms with Gasteiger partial charge in [0.15, 0.2) is 5.13 Å². The molecule has 0 atom stereocenters. The maximum absolute atomic E-state index is 5.20. The quantitative estimate of drug-likeness (QED) is 0.882. The summed E-state index contributed by atoms with van der Waals surface area (Å²) in [5.41, 5.74) is 1.05. The van der Waals surface area contributed by atoms with Gasteiger partial charge in [-0.3, -0.25) is 0 Å². The zero-order chi connectivity index (χ0) is 11.0. The van der Waals surface area contributed by atoms with Gasteiger partial charge in [-0.2, -0.15) is 0 Å². The van der Waals surface area contributed by atoms with Crippen LogP contribution in [0.5, 0.6) is 5.75 Å². The zero-order valence-electron chi connectivity index (χ0n) is 9.19. The number of nitrogens with one attached hydrogen (secondary N) is 1. The summed E-state index contributed by atoms with van der Waals surface area (Å²) in [6, 6.07) is 6.00. The number of benzene rings is 1. The molecule has 0 bridgehead atoms. The highest BCUT2D eigenvalue weighted by atomic mass is 32.1. The number of anilines is 1. The second-order valence-corrected chi connectivity index (χ2v) is 5.21. The van der Waals surface area contributed by atoms with Crippen LogP contribution in [0, 0.1) is 5.92 Å². The molecule has 1 aliphatic carbocycles. The van der Waals surface area contributed by atoms with Crippen molar-refractivity contribution in [3.8, 4) is 5.75 Å². The largest absolute Gasteiger partial charge is 0.497 e. The van der Waals surface area contributed by atoms with Crippen molar-refractivity contribution in [2.75, 3.05) is 19.0 Å². The number of hydrogen-bond donors (Lipinski definition) is 1. The highest BCUT2D eigenvalue weighted by Gasteiger charge is 2.21. The number of thiazole rings is 1. The number of hydrogen-bond acceptors (Lipinski definition) is 4. The molecule has 0 amide bonds. The van der Waals surface area contributed by atoms with E-state index in [1.165, 1.54) is 17.5 Å². The number of rotatable bonds is 4. The fourth-order valence-corrected chi connectivity index (χ4v) is 2.56. The molecule has 84 valence electrons. The average Bonchev–Trinajstić information content (AvgIpc) is 3.04. The maximum Gasteiger partial charge on any atom is 0.183 e. The SMILES string of the molecule is COc1ccc2nc(NCC3CC3)sc2c1. The predicted molar refractivity (Wildman–Crippen MR) is 67.4 cm³/mol. The monoisotopic (exact) mass is 234 g/mol. The minimum atomic E-state index is 0.876. The Balaban J connectivity index is 1.83. The van der Waals surface area contributed by atoms with E-state index >= 15 is 0 Å². The molecule has 1 aromatic carbocycles. The van der Waals surface area contributed by atoms with Gasteiger partial charge in [0.1, 0.15) is 5.75 Å². The summed E-state index contributed by atoms with van der Waals surface area (Å²) in [6.45, 7) is 1.07. The lowest BCUT2D eigenvalue weighted by Crippen LogP contribution is -2.01. The first-order valence-electron chi connectivity index (χ1n) is 5.53. The van der Waals surface area contributed by atoms with Crippen molar-refractivity contribution in [3.05, 3.63) is 18.2 Å². The van der Waals surface area contributed by atoms with E-state index in [4.69, 9.17) is 4.74 Å². The Morgan fingerprint density at radius 1 is 1.50 bits per heavy atom. The number of nitrogens with zero attached hydrogens (tertiary/aromatic N) is 1. The average molecular weight is 234 g/mol. The molecule has 16 heavy (non-hydrogen) atoms. The van der Waals surface area contributed by atoms with Crippen LogP contribution < -0.4 is 10.1 Å². The van der Waals surface area contributed by atoms with E-state index in [9.17, 15) is 0 Å². The molecule has 1 N–H and O–H groups in total. The molecule has 2 aromatic rings. The van der Waals surface area contributed by atoms with Crippen molar-refractivity contribution in [1.82, 2.24) is 4.98 Å². The van der Waals surface area contributed by atoms with Crippen LogP contribution in [0.15, 0.2) is 18.2 Å². The molecule has 0 spiro atoms. The highest BCUT2D eigenvalue weighted by molar-refractivity contribution is 7.22. The molecular formula is C12H14N2OS. The predicted octanol–water partition coefficient (Wildman–Crippen LogP) is 3.13. The summed E-state index contributed by atoms with van der Waals surface area (Å²) in [6.07, 6.45) is 2.73. The van der Waals surface area contributed by atoms with Crippen LogP contribution in [0.1, 0.15) is 12.8 Å². The van der Waals surface area contributed by atoms with Crippen molar-refractivity contribution in [2.45, 2.75) is 12.8 Å². The van der Waals surface area contributed by atoms with Crippen LogP contribution in [0.25, 0.3) is 10.2 Å². The Morgan fingerprint density at radius 3 is 3.12 bits per heavy atom. The Bertz CT molecular complexity index is 505.